The van der Waals surface area contributed by atoms with Gasteiger partial charge in [0.25, 0.3) is 5.56 Å². The van der Waals surface area contributed by atoms with Crippen LogP contribution in [0.1, 0.15) is 25.6 Å². The number of nitrogens with one attached hydrogen (secondary N) is 1. The summed E-state index contributed by atoms with van der Waals surface area (Å²) in [6.07, 6.45) is 1.63. The molecule has 2 aromatic heterocycles. The van der Waals surface area contributed by atoms with Crippen molar-refractivity contribution in [1.29, 1.82) is 0 Å². The number of carboxylic acid groups (broad SMARTS) is 1. The Labute approximate surface area is 179 Å². The van der Waals surface area contributed by atoms with Crippen molar-refractivity contribution in [2.24, 2.45) is 0 Å². The van der Waals surface area contributed by atoms with Gasteiger partial charge in [-0.1, -0.05) is 36.9 Å². The van der Waals surface area contributed by atoms with Crippen LogP contribution in [-0.2, 0) is 0 Å². The molecule has 0 aliphatic carbocycles. The van der Waals surface area contributed by atoms with Crippen LogP contribution in [0.2, 0.25) is 0 Å². The molecule has 2 heterocycles. The Bertz CT molecular complexity index is 1430. The molecule has 4 aromatic rings. The Balaban J connectivity index is 1.67. The Morgan fingerprint density at radius 2 is 1.87 bits per heavy atom. The van der Waals surface area contributed by atoms with E-state index in [4.69, 9.17) is 4.74 Å². The van der Waals surface area contributed by atoms with Gasteiger partial charge >= 0.3 is 5.97 Å². The molecule has 154 valence electrons. The molecule has 0 atom stereocenters. The van der Waals surface area contributed by atoms with E-state index < -0.39 is 11.9 Å². The zero-order valence-corrected chi connectivity index (χ0v) is 16.8. The first-order chi connectivity index (χ1) is 14.9. The lowest BCUT2D eigenvalue weighted by molar-refractivity contribution is -0.255. The van der Waals surface area contributed by atoms with E-state index in [1.807, 2.05) is 0 Å². The van der Waals surface area contributed by atoms with E-state index in [1.165, 1.54) is 40.3 Å². The number of aromatic carboxylic acids is 1. The molecule has 0 unspecified atom stereocenters. The van der Waals surface area contributed by atoms with Gasteiger partial charge in [-0.25, -0.2) is 9.48 Å². The Kier molecular flexibility index (Phi) is 5.38. The van der Waals surface area contributed by atoms with Crippen molar-refractivity contribution in [3.8, 4) is 11.4 Å². The van der Waals surface area contributed by atoms with Gasteiger partial charge in [0.15, 0.2) is 0 Å². The SMILES string of the molecule is C=c1[nH]n(-c2ccc(C(=O)[O-])cc2)c(=O)/c1=C\c1cccc(OC(=O)c2cccs2)c1. The van der Waals surface area contributed by atoms with Gasteiger partial charge in [-0.3, -0.25) is 9.89 Å². The number of aromatic amines is 1. The summed E-state index contributed by atoms with van der Waals surface area (Å²) in [6, 6.07) is 15.9. The molecule has 1 N–H and O–H groups in total. The third kappa shape index (κ3) is 4.24. The van der Waals surface area contributed by atoms with E-state index in [0.29, 0.717) is 32.4 Å². The molecule has 2 aromatic carbocycles. The molecule has 0 saturated heterocycles. The quantitative estimate of drug-likeness (QED) is 0.376. The predicted molar refractivity (Wildman–Crippen MR) is 115 cm³/mol. The van der Waals surface area contributed by atoms with Crippen LogP contribution in [0, 0.1) is 0 Å². The fourth-order valence-electron chi connectivity index (χ4n) is 2.96. The lowest BCUT2D eigenvalue weighted by Gasteiger charge is -2.04. The summed E-state index contributed by atoms with van der Waals surface area (Å²) in [4.78, 5) is 36.4. The van der Waals surface area contributed by atoms with E-state index in [2.05, 4.69) is 11.7 Å². The molecule has 0 spiro atoms. The summed E-state index contributed by atoms with van der Waals surface area (Å²) >= 11 is 1.29. The number of hydrogen-bond acceptors (Lipinski definition) is 6. The van der Waals surface area contributed by atoms with Crippen molar-refractivity contribution in [1.82, 2.24) is 9.78 Å². The third-order valence-electron chi connectivity index (χ3n) is 4.47. The number of H-pyrrole nitrogens is 1. The van der Waals surface area contributed by atoms with E-state index in [1.54, 1.807) is 47.9 Å². The minimum absolute atomic E-state index is 0.0129. The standard InChI is InChI=1S/C23H16N2O5S/c1-14-19(21(26)25(24-14)17-9-7-16(8-10-17)22(27)28)13-15-4-2-5-18(12-15)30-23(29)20-6-3-11-31-20/h2-13,24H,1H2,(H,27,28)/p-1/b19-13-. The first-order valence-corrected chi connectivity index (χ1v) is 9.99. The van der Waals surface area contributed by atoms with E-state index in [9.17, 15) is 19.5 Å². The van der Waals surface area contributed by atoms with Crippen molar-refractivity contribution in [2.75, 3.05) is 0 Å². The van der Waals surface area contributed by atoms with Gasteiger partial charge in [0.1, 0.15) is 10.6 Å². The number of thiophene rings is 1. The number of benzene rings is 2. The highest BCUT2D eigenvalue weighted by Crippen LogP contribution is 2.17. The molecule has 4 rings (SSSR count). The number of carbonyl (C=O) groups excluding carboxylic acids is 2. The Morgan fingerprint density at radius 3 is 2.55 bits per heavy atom. The maximum Gasteiger partial charge on any atom is 0.353 e. The molecule has 0 radical (unpaired) electrons. The van der Waals surface area contributed by atoms with Gasteiger partial charge in [0.2, 0.25) is 0 Å². The van der Waals surface area contributed by atoms with Gasteiger partial charge in [0.05, 0.1) is 22.2 Å². The number of carboxylic acids is 1. The minimum Gasteiger partial charge on any atom is -0.545 e. The van der Waals surface area contributed by atoms with E-state index in [-0.39, 0.29) is 11.1 Å². The van der Waals surface area contributed by atoms with Crippen LogP contribution in [0.3, 0.4) is 0 Å². The number of rotatable bonds is 5. The average Bonchev–Trinajstić information content (AvgIpc) is 3.39. The highest BCUT2D eigenvalue weighted by Gasteiger charge is 2.10. The van der Waals surface area contributed by atoms with Crippen LogP contribution in [0.25, 0.3) is 18.3 Å². The second kappa shape index (κ2) is 8.29. The summed E-state index contributed by atoms with van der Waals surface area (Å²) in [5.74, 6) is -1.39. The van der Waals surface area contributed by atoms with Gasteiger partial charge in [-0.05, 0) is 52.9 Å². The average molecular weight is 431 g/mol. The number of nitrogens with zero attached hydrogens (tertiary/aromatic N) is 1. The normalized spacial score (nSPS) is 11.4. The lowest BCUT2D eigenvalue weighted by Crippen LogP contribution is -2.34. The van der Waals surface area contributed by atoms with Crippen LogP contribution in [0.5, 0.6) is 5.75 Å². The second-order valence-corrected chi connectivity index (χ2v) is 7.51. The van der Waals surface area contributed by atoms with Crippen LogP contribution in [0.4, 0.5) is 0 Å². The zero-order chi connectivity index (χ0) is 22.0. The number of aromatic nitrogens is 2. The summed E-state index contributed by atoms with van der Waals surface area (Å²) in [7, 11) is 0. The highest BCUT2D eigenvalue weighted by atomic mass is 32.1. The molecule has 7 nitrogen and oxygen atoms in total. The van der Waals surface area contributed by atoms with Gasteiger partial charge in [-0.2, -0.15) is 0 Å². The van der Waals surface area contributed by atoms with E-state index in [0.717, 1.165) is 0 Å². The summed E-state index contributed by atoms with van der Waals surface area (Å²) in [5.41, 5.74) is 0.765. The molecular formula is C23H15N2O5S-. The van der Waals surface area contributed by atoms with Crippen LogP contribution in [-0.4, -0.2) is 21.7 Å². The van der Waals surface area contributed by atoms with Gasteiger partial charge in [-0.15, -0.1) is 11.3 Å². The Morgan fingerprint density at radius 1 is 1.10 bits per heavy atom. The number of hydrogen-bond donors (Lipinski definition) is 1. The molecule has 0 aliphatic heterocycles. The molecule has 0 bridgehead atoms. The summed E-state index contributed by atoms with van der Waals surface area (Å²) in [6.45, 7) is 3.88. The number of carbonyl (C=O) groups is 2. The second-order valence-electron chi connectivity index (χ2n) is 6.56. The van der Waals surface area contributed by atoms with Crippen molar-refractivity contribution in [2.45, 2.75) is 0 Å². The molecule has 0 aliphatic rings. The maximum absolute atomic E-state index is 12.9. The fraction of sp³-hybridized carbons (Fsp3) is 0. The maximum atomic E-state index is 12.9. The van der Waals surface area contributed by atoms with E-state index >= 15 is 0 Å². The van der Waals surface area contributed by atoms with Crippen molar-refractivity contribution in [3.63, 3.8) is 0 Å². The molecule has 8 heteroatoms. The first-order valence-electron chi connectivity index (χ1n) is 9.11. The van der Waals surface area contributed by atoms with Crippen LogP contribution < -0.4 is 26.0 Å². The molecule has 31 heavy (non-hydrogen) atoms. The predicted octanol–water partition coefficient (Wildman–Crippen LogP) is 1.05. The monoisotopic (exact) mass is 431 g/mol. The third-order valence-corrected chi connectivity index (χ3v) is 5.32. The largest absolute Gasteiger partial charge is 0.545 e. The van der Waals surface area contributed by atoms with Crippen LogP contribution >= 0.6 is 11.3 Å². The van der Waals surface area contributed by atoms with Crippen molar-refractivity contribution in [3.05, 3.63) is 103 Å². The van der Waals surface area contributed by atoms with Gasteiger partial charge in [0, 0.05) is 0 Å². The summed E-state index contributed by atoms with van der Waals surface area (Å²) in [5, 5.41) is 16.3. The van der Waals surface area contributed by atoms with Crippen molar-refractivity contribution < 1.29 is 19.4 Å². The van der Waals surface area contributed by atoms with Crippen LogP contribution in [0.15, 0.2) is 70.8 Å². The molecule has 0 saturated carbocycles. The van der Waals surface area contributed by atoms with Crippen molar-refractivity contribution >= 4 is 35.9 Å². The molecule has 0 amide bonds. The lowest BCUT2D eigenvalue weighted by atomic mass is 10.2. The fourth-order valence-corrected chi connectivity index (χ4v) is 3.56. The first kappa shape index (κ1) is 20.1. The minimum atomic E-state index is -1.29. The number of ether oxygens (including phenoxy) is 1. The summed E-state index contributed by atoms with van der Waals surface area (Å²) < 4.78 is 6.67. The smallest absolute Gasteiger partial charge is 0.353 e. The molecule has 0 fully saturated rings. The number of esters is 1. The highest BCUT2D eigenvalue weighted by molar-refractivity contribution is 7.12. The topological polar surface area (TPSA) is 104 Å². The Hall–Kier alpha value is -4.17. The van der Waals surface area contributed by atoms with Gasteiger partial charge < -0.3 is 14.6 Å². The molecular weight excluding hydrogens is 416 g/mol. The zero-order valence-electron chi connectivity index (χ0n) is 16.0.